The van der Waals surface area contributed by atoms with Gasteiger partial charge in [0.2, 0.25) is 0 Å². The fourth-order valence-corrected chi connectivity index (χ4v) is 2.13. The Labute approximate surface area is 135 Å². The van der Waals surface area contributed by atoms with Crippen LogP contribution >= 0.6 is 0 Å². The highest BCUT2D eigenvalue weighted by Gasteiger charge is 2.05. The van der Waals surface area contributed by atoms with Crippen molar-refractivity contribution in [2.24, 2.45) is 0 Å². The van der Waals surface area contributed by atoms with E-state index < -0.39 is 0 Å². The Balaban J connectivity index is 1.72. The molecular formula is C19H17NO3. The van der Waals surface area contributed by atoms with Crippen molar-refractivity contribution in [2.75, 3.05) is 7.11 Å². The van der Waals surface area contributed by atoms with Crippen LogP contribution < -0.4 is 9.47 Å². The summed E-state index contributed by atoms with van der Waals surface area (Å²) in [6.07, 6.45) is 6.85. The van der Waals surface area contributed by atoms with E-state index in [1.165, 1.54) is 6.39 Å². The molecule has 116 valence electrons. The zero-order chi connectivity index (χ0) is 15.9. The van der Waals surface area contributed by atoms with E-state index in [9.17, 15) is 0 Å². The van der Waals surface area contributed by atoms with Gasteiger partial charge in [0, 0.05) is 0 Å². The molecule has 0 radical (unpaired) electrons. The molecule has 0 N–H and O–H groups in total. The Hall–Kier alpha value is -3.01. The van der Waals surface area contributed by atoms with Gasteiger partial charge in [0.15, 0.2) is 17.9 Å². The Morgan fingerprint density at radius 3 is 2.65 bits per heavy atom. The predicted molar refractivity (Wildman–Crippen MR) is 89.2 cm³/mol. The van der Waals surface area contributed by atoms with Gasteiger partial charge in [0.05, 0.1) is 13.3 Å². The van der Waals surface area contributed by atoms with E-state index in [0.29, 0.717) is 23.9 Å². The van der Waals surface area contributed by atoms with Crippen LogP contribution in [-0.2, 0) is 6.61 Å². The minimum Gasteiger partial charge on any atom is -0.493 e. The van der Waals surface area contributed by atoms with Gasteiger partial charge in [0.25, 0.3) is 0 Å². The molecule has 0 saturated heterocycles. The molecule has 0 saturated carbocycles. The molecule has 23 heavy (non-hydrogen) atoms. The first kappa shape index (κ1) is 14.9. The van der Waals surface area contributed by atoms with Crippen molar-refractivity contribution in [3.63, 3.8) is 0 Å². The number of ether oxygens (including phenoxy) is 2. The maximum Gasteiger partial charge on any atom is 0.181 e. The van der Waals surface area contributed by atoms with Gasteiger partial charge in [-0.2, -0.15) is 0 Å². The van der Waals surface area contributed by atoms with E-state index in [2.05, 4.69) is 4.98 Å². The Kier molecular flexibility index (Phi) is 4.74. The summed E-state index contributed by atoms with van der Waals surface area (Å²) in [7, 11) is 1.63. The third kappa shape index (κ3) is 4.01. The van der Waals surface area contributed by atoms with Gasteiger partial charge in [-0.1, -0.05) is 42.5 Å². The van der Waals surface area contributed by atoms with Crippen LogP contribution in [0.15, 0.2) is 65.5 Å². The largest absolute Gasteiger partial charge is 0.493 e. The molecule has 0 aliphatic rings. The molecule has 4 nitrogen and oxygen atoms in total. The Morgan fingerprint density at radius 2 is 1.91 bits per heavy atom. The molecule has 1 heterocycles. The molecule has 0 atom stereocenters. The number of hydrogen-bond acceptors (Lipinski definition) is 4. The quantitative estimate of drug-likeness (QED) is 0.675. The molecule has 0 spiro atoms. The number of nitrogens with zero attached hydrogens (tertiary/aromatic N) is 1. The minimum absolute atomic E-state index is 0.504. The summed E-state index contributed by atoms with van der Waals surface area (Å²) in [5.41, 5.74) is 2.11. The lowest BCUT2D eigenvalue weighted by molar-refractivity contribution is 0.284. The standard InChI is InChI=1S/C19H17NO3/c1-21-19-11-15(7-9-17-12-20-14-23-17)8-10-18(19)22-13-16-5-3-2-4-6-16/h2-12,14H,13H2,1H3/b9-7+. The van der Waals surface area contributed by atoms with Crippen molar-refractivity contribution in [3.05, 3.63) is 78.0 Å². The summed E-state index contributed by atoms with van der Waals surface area (Å²) in [6.45, 7) is 0.504. The molecule has 3 aromatic rings. The number of aromatic nitrogens is 1. The molecule has 0 fully saturated rings. The first-order valence-corrected chi connectivity index (χ1v) is 7.26. The van der Waals surface area contributed by atoms with Gasteiger partial charge in [-0.15, -0.1) is 0 Å². The van der Waals surface area contributed by atoms with E-state index in [1.807, 2.05) is 60.7 Å². The molecule has 4 heteroatoms. The maximum absolute atomic E-state index is 5.84. The summed E-state index contributed by atoms with van der Waals surface area (Å²) in [4.78, 5) is 3.87. The smallest absolute Gasteiger partial charge is 0.181 e. The molecular weight excluding hydrogens is 290 g/mol. The summed E-state index contributed by atoms with van der Waals surface area (Å²) >= 11 is 0. The summed E-state index contributed by atoms with van der Waals surface area (Å²) in [5.74, 6) is 2.11. The molecule has 0 bridgehead atoms. The van der Waals surface area contributed by atoms with E-state index in [-0.39, 0.29) is 0 Å². The third-order valence-corrected chi connectivity index (χ3v) is 3.32. The lowest BCUT2D eigenvalue weighted by Crippen LogP contribution is -1.97. The average molecular weight is 307 g/mol. The zero-order valence-corrected chi connectivity index (χ0v) is 12.8. The van der Waals surface area contributed by atoms with Crippen LogP contribution in [0, 0.1) is 0 Å². The van der Waals surface area contributed by atoms with Crippen molar-refractivity contribution in [1.29, 1.82) is 0 Å². The van der Waals surface area contributed by atoms with Crippen LogP contribution in [0.25, 0.3) is 12.2 Å². The number of hydrogen-bond donors (Lipinski definition) is 0. The van der Waals surface area contributed by atoms with Crippen LogP contribution in [0.5, 0.6) is 11.5 Å². The van der Waals surface area contributed by atoms with Gasteiger partial charge in [0.1, 0.15) is 12.4 Å². The highest BCUT2D eigenvalue weighted by atomic mass is 16.5. The Morgan fingerprint density at radius 1 is 1.04 bits per heavy atom. The van der Waals surface area contributed by atoms with Crippen LogP contribution in [0.3, 0.4) is 0 Å². The molecule has 0 aliphatic carbocycles. The van der Waals surface area contributed by atoms with Crippen LogP contribution in [0.4, 0.5) is 0 Å². The normalized spacial score (nSPS) is 10.8. The Bertz CT molecular complexity index is 765. The monoisotopic (exact) mass is 307 g/mol. The predicted octanol–water partition coefficient (Wildman–Crippen LogP) is 4.43. The van der Waals surface area contributed by atoms with Crippen molar-refractivity contribution in [1.82, 2.24) is 4.98 Å². The third-order valence-electron chi connectivity index (χ3n) is 3.32. The van der Waals surface area contributed by atoms with E-state index >= 15 is 0 Å². The topological polar surface area (TPSA) is 44.5 Å². The molecule has 0 amide bonds. The molecule has 0 aliphatic heterocycles. The molecule has 0 unspecified atom stereocenters. The van der Waals surface area contributed by atoms with Gasteiger partial charge >= 0.3 is 0 Å². The molecule has 2 aromatic carbocycles. The molecule has 1 aromatic heterocycles. The highest BCUT2D eigenvalue weighted by Crippen LogP contribution is 2.29. The lowest BCUT2D eigenvalue weighted by Gasteiger charge is -2.11. The number of rotatable bonds is 6. The van der Waals surface area contributed by atoms with Gasteiger partial charge in [-0.05, 0) is 29.3 Å². The van der Waals surface area contributed by atoms with Gasteiger partial charge in [-0.25, -0.2) is 4.98 Å². The average Bonchev–Trinajstić information content (AvgIpc) is 3.13. The SMILES string of the molecule is COc1cc(/C=C/c2cnco2)ccc1OCc1ccccc1. The fraction of sp³-hybridized carbons (Fsp3) is 0.105. The zero-order valence-electron chi connectivity index (χ0n) is 12.8. The number of benzene rings is 2. The van der Waals surface area contributed by atoms with Crippen molar-refractivity contribution in [3.8, 4) is 11.5 Å². The second-order valence-electron chi connectivity index (χ2n) is 4.92. The summed E-state index contributed by atoms with van der Waals surface area (Å²) in [5, 5.41) is 0. The van der Waals surface area contributed by atoms with Gasteiger partial charge in [-0.3, -0.25) is 0 Å². The van der Waals surface area contributed by atoms with E-state index in [4.69, 9.17) is 13.9 Å². The van der Waals surface area contributed by atoms with E-state index in [1.54, 1.807) is 13.3 Å². The van der Waals surface area contributed by atoms with Crippen molar-refractivity contribution in [2.45, 2.75) is 6.61 Å². The van der Waals surface area contributed by atoms with Crippen LogP contribution in [0.1, 0.15) is 16.9 Å². The molecule has 3 rings (SSSR count). The lowest BCUT2D eigenvalue weighted by atomic mass is 10.2. The second kappa shape index (κ2) is 7.31. The summed E-state index contributed by atoms with van der Waals surface area (Å²) in [6, 6.07) is 15.8. The van der Waals surface area contributed by atoms with Crippen LogP contribution in [0.2, 0.25) is 0 Å². The van der Waals surface area contributed by atoms with Crippen molar-refractivity contribution < 1.29 is 13.9 Å². The number of methoxy groups -OCH3 is 1. The number of oxazole rings is 1. The second-order valence-corrected chi connectivity index (χ2v) is 4.92. The fourth-order valence-electron chi connectivity index (χ4n) is 2.13. The van der Waals surface area contributed by atoms with Gasteiger partial charge < -0.3 is 13.9 Å². The van der Waals surface area contributed by atoms with Crippen LogP contribution in [-0.4, -0.2) is 12.1 Å². The van der Waals surface area contributed by atoms with E-state index in [0.717, 1.165) is 11.1 Å². The van der Waals surface area contributed by atoms with Crippen molar-refractivity contribution >= 4 is 12.2 Å². The minimum atomic E-state index is 0.504. The first-order chi connectivity index (χ1) is 11.3. The summed E-state index contributed by atoms with van der Waals surface area (Å²) < 4.78 is 16.4. The maximum atomic E-state index is 5.84. The highest BCUT2D eigenvalue weighted by molar-refractivity contribution is 5.68. The first-order valence-electron chi connectivity index (χ1n) is 7.26.